The van der Waals surface area contributed by atoms with E-state index >= 15 is 0 Å². The van der Waals surface area contributed by atoms with Crippen LogP contribution < -0.4 is 4.90 Å². The van der Waals surface area contributed by atoms with Gasteiger partial charge in [0.05, 0.1) is 12.4 Å². The third-order valence-electron chi connectivity index (χ3n) is 3.99. The first-order valence-corrected chi connectivity index (χ1v) is 8.67. The molecule has 1 aliphatic rings. The third-order valence-corrected chi connectivity index (χ3v) is 4.96. The monoisotopic (exact) mass is 320 g/mol. The van der Waals surface area contributed by atoms with Gasteiger partial charge in [-0.15, -0.1) is 0 Å². The number of aromatic nitrogens is 4. The van der Waals surface area contributed by atoms with E-state index in [0.29, 0.717) is 11.7 Å². The normalized spacial score (nSPS) is 17.0. The second-order valence-electron chi connectivity index (χ2n) is 5.41. The second-order valence-corrected chi connectivity index (χ2v) is 6.69. The molecule has 1 saturated heterocycles. The van der Waals surface area contributed by atoms with E-state index in [1.807, 2.05) is 11.2 Å². The minimum atomic E-state index is 0.249. The molecule has 3 heterocycles. The van der Waals surface area contributed by atoms with Crippen molar-refractivity contribution in [2.75, 3.05) is 37.3 Å². The molecule has 0 bridgehead atoms. The number of hydrogen-bond acceptors (Lipinski definition) is 6. The molecule has 8 heteroatoms. The summed E-state index contributed by atoms with van der Waals surface area (Å²) in [6.07, 6.45) is 7.68. The van der Waals surface area contributed by atoms with E-state index in [2.05, 4.69) is 26.9 Å². The Bertz CT molecular complexity index is 652. The van der Waals surface area contributed by atoms with Crippen LogP contribution in [0.5, 0.6) is 0 Å². The first kappa shape index (κ1) is 15.1. The van der Waals surface area contributed by atoms with Gasteiger partial charge in [0.25, 0.3) is 0 Å². The molecule has 22 heavy (non-hydrogen) atoms. The number of rotatable bonds is 4. The molecular formula is C14H20N6OS. The molecule has 0 N–H and O–H groups in total. The topological polar surface area (TPSA) is 66.6 Å². The van der Waals surface area contributed by atoms with E-state index in [9.17, 15) is 4.79 Å². The van der Waals surface area contributed by atoms with E-state index in [1.54, 1.807) is 28.7 Å². The number of amides is 1. The summed E-state index contributed by atoms with van der Waals surface area (Å²) in [5.74, 6) is 1.18. The molecule has 0 radical (unpaired) electrons. The van der Waals surface area contributed by atoms with Crippen LogP contribution in [0.4, 0.5) is 5.82 Å². The van der Waals surface area contributed by atoms with Crippen molar-refractivity contribution in [3.63, 3.8) is 0 Å². The maximum atomic E-state index is 12.2. The lowest BCUT2D eigenvalue weighted by molar-refractivity contribution is -0.131. The maximum Gasteiger partial charge on any atom is 0.223 e. The van der Waals surface area contributed by atoms with Crippen molar-refractivity contribution >= 4 is 29.1 Å². The summed E-state index contributed by atoms with van der Waals surface area (Å²) in [4.78, 5) is 24.8. The van der Waals surface area contributed by atoms with Crippen molar-refractivity contribution in [2.24, 2.45) is 0 Å². The molecule has 1 fully saturated rings. The number of carbonyl (C=O) groups excluding carboxylic acids is 1. The first-order valence-electron chi connectivity index (χ1n) is 7.38. The third kappa shape index (κ3) is 3.01. The average Bonchev–Trinajstić information content (AvgIpc) is 3.03. The van der Waals surface area contributed by atoms with Gasteiger partial charge in [0.1, 0.15) is 6.33 Å². The summed E-state index contributed by atoms with van der Waals surface area (Å²) in [5, 5.41) is 4.61. The number of hydrogen-bond donors (Lipinski definition) is 0. The van der Waals surface area contributed by atoms with E-state index in [0.717, 1.165) is 37.6 Å². The molecule has 1 aliphatic heterocycles. The van der Waals surface area contributed by atoms with Gasteiger partial charge in [0.15, 0.2) is 11.5 Å². The highest BCUT2D eigenvalue weighted by Gasteiger charge is 2.23. The summed E-state index contributed by atoms with van der Waals surface area (Å²) in [6, 6.07) is 0. The van der Waals surface area contributed by atoms with Gasteiger partial charge < -0.3 is 9.80 Å². The molecule has 118 valence electrons. The smallest absolute Gasteiger partial charge is 0.223 e. The Morgan fingerprint density at radius 3 is 2.82 bits per heavy atom. The van der Waals surface area contributed by atoms with Crippen LogP contribution in [-0.4, -0.2) is 68.1 Å². The van der Waals surface area contributed by atoms with Gasteiger partial charge in [0.2, 0.25) is 5.91 Å². The molecule has 2 aromatic rings. The van der Waals surface area contributed by atoms with Crippen LogP contribution in [0.2, 0.25) is 0 Å². The van der Waals surface area contributed by atoms with Gasteiger partial charge in [-0.1, -0.05) is 6.92 Å². The lowest BCUT2D eigenvalue weighted by Gasteiger charge is -2.36. The Morgan fingerprint density at radius 2 is 2.09 bits per heavy atom. The van der Waals surface area contributed by atoms with Gasteiger partial charge in [0, 0.05) is 37.8 Å². The van der Waals surface area contributed by atoms with Crippen molar-refractivity contribution < 1.29 is 4.79 Å². The first-order chi connectivity index (χ1) is 10.7. The van der Waals surface area contributed by atoms with E-state index in [-0.39, 0.29) is 5.91 Å². The summed E-state index contributed by atoms with van der Waals surface area (Å²) < 4.78 is 1.79. The van der Waals surface area contributed by atoms with Gasteiger partial charge in [-0.3, -0.25) is 9.78 Å². The van der Waals surface area contributed by atoms with Crippen LogP contribution in [0.3, 0.4) is 0 Å². The SMILES string of the molecule is CS[C@@H](C)CC(=O)N1CCN(c2cncc3ncnn23)CC1. The van der Waals surface area contributed by atoms with Crippen LogP contribution in [-0.2, 0) is 4.79 Å². The Kier molecular flexibility index (Phi) is 4.47. The van der Waals surface area contributed by atoms with Gasteiger partial charge in [-0.05, 0) is 6.26 Å². The van der Waals surface area contributed by atoms with Crippen LogP contribution in [0.1, 0.15) is 13.3 Å². The minimum Gasteiger partial charge on any atom is -0.352 e. The van der Waals surface area contributed by atoms with Crippen molar-refractivity contribution in [3.05, 3.63) is 18.7 Å². The standard InChI is InChI=1S/C14H20N6OS/c1-11(22-2)7-14(21)19-5-3-18(4-6-19)13-9-15-8-12-16-10-17-20(12)13/h8-11H,3-7H2,1-2H3/t11-/m0/s1. The fourth-order valence-corrected chi connectivity index (χ4v) is 2.91. The summed E-state index contributed by atoms with van der Waals surface area (Å²) >= 11 is 1.73. The average molecular weight is 320 g/mol. The van der Waals surface area contributed by atoms with Gasteiger partial charge in [-0.2, -0.15) is 21.4 Å². The largest absolute Gasteiger partial charge is 0.352 e. The predicted octanol–water partition coefficient (Wildman–Crippen LogP) is 0.915. The zero-order valence-corrected chi connectivity index (χ0v) is 13.7. The van der Waals surface area contributed by atoms with Crippen LogP contribution in [0, 0.1) is 0 Å². The fourth-order valence-electron chi connectivity index (χ4n) is 2.60. The van der Waals surface area contributed by atoms with Gasteiger partial charge >= 0.3 is 0 Å². The van der Waals surface area contributed by atoms with Crippen LogP contribution >= 0.6 is 11.8 Å². The fraction of sp³-hybridized carbons (Fsp3) is 0.571. The molecule has 1 atom stereocenters. The van der Waals surface area contributed by atoms with Crippen LogP contribution in [0.25, 0.3) is 5.65 Å². The molecule has 0 unspecified atom stereocenters. The number of fused-ring (bicyclic) bond motifs is 1. The number of anilines is 1. The number of nitrogens with zero attached hydrogens (tertiary/aromatic N) is 6. The van der Waals surface area contributed by atoms with Crippen molar-refractivity contribution in [2.45, 2.75) is 18.6 Å². The highest BCUT2D eigenvalue weighted by Crippen LogP contribution is 2.17. The molecular weight excluding hydrogens is 300 g/mol. The van der Waals surface area contributed by atoms with Crippen molar-refractivity contribution in [3.8, 4) is 0 Å². The Morgan fingerprint density at radius 1 is 1.32 bits per heavy atom. The molecule has 0 spiro atoms. The number of thioether (sulfide) groups is 1. The van der Waals surface area contributed by atoms with Gasteiger partial charge in [-0.25, -0.2) is 4.98 Å². The van der Waals surface area contributed by atoms with E-state index in [4.69, 9.17) is 0 Å². The molecule has 7 nitrogen and oxygen atoms in total. The molecule has 0 saturated carbocycles. The molecule has 0 aromatic carbocycles. The summed E-state index contributed by atoms with van der Waals surface area (Å²) in [6.45, 7) is 5.16. The maximum absolute atomic E-state index is 12.2. The summed E-state index contributed by atoms with van der Waals surface area (Å²) in [5.41, 5.74) is 0.741. The summed E-state index contributed by atoms with van der Waals surface area (Å²) in [7, 11) is 0. The molecule has 3 rings (SSSR count). The van der Waals surface area contributed by atoms with E-state index < -0.39 is 0 Å². The lowest BCUT2D eigenvalue weighted by atomic mass is 10.2. The zero-order chi connectivity index (χ0) is 15.5. The molecule has 1 amide bonds. The predicted molar refractivity (Wildman–Crippen MR) is 87.2 cm³/mol. The van der Waals surface area contributed by atoms with E-state index in [1.165, 1.54) is 6.33 Å². The highest BCUT2D eigenvalue weighted by atomic mass is 32.2. The minimum absolute atomic E-state index is 0.249. The highest BCUT2D eigenvalue weighted by molar-refractivity contribution is 7.99. The molecule has 0 aliphatic carbocycles. The number of carbonyl (C=O) groups is 1. The Balaban J connectivity index is 1.64. The quantitative estimate of drug-likeness (QED) is 0.834. The second kappa shape index (κ2) is 6.51. The number of piperazine rings is 1. The molecule has 2 aromatic heterocycles. The van der Waals surface area contributed by atoms with Crippen molar-refractivity contribution in [1.29, 1.82) is 0 Å². The Hall–Kier alpha value is -1.83. The zero-order valence-electron chi connectivity index (χ0n) is 12.8. The Labute approximate surface area is 133 Å². The van der Waals surface area contributed by atoms with Crippen LogP contribution in [0.15, 0.2) is 18.7 Å². The van der Waals surface area contributed by atoms with Crippen molar-refractivity contribution in [1.82, 2.24) is 24.5 Å². The lowest BCUT2D eigenvalue weighted by Crippen LogP contribution is -2.49.